The molecule has 1 aliphatic rings. The number of aromatic hydroxyl groups is 1. The van der Waals surface area contributed by atoms with Gasteiger partial charge >= 0.3 is 0 Å². The van der Waals surface area contributed by atoms with E-state index in [1.807, 2.05) is 12.1 Å². The molecular weight excluding hydrogens is 244 g/mol. The molecule has 19 heavy (non-hydrogen) atoms. The van der Waals surface area contributed by atoms with Crippen molar-refractivity contribution in [3.05, 3.63) is 35.9 Å². The van der Waals surface area contributed by atoms with Gasteiger partial charge in [-0.2, -0.15) is 0 Å². The molecule has 2 heterocycles. The molecule has 1 N–H and O–H groups in total. The Morgan fingerprint density at radius 1 is 1.37 bits per heavy atom. The normalized spacial score (nSPS) is 15.2. The number of benzene rings is 1. The first-order valence-electron chi connectivity index (χ1n) is 6.22. The van der Waals surface area contributed by atoms with E-state index in [0.717, 1.165) is 31.0 Å². The van der Waals surface area contributed by atoms with Crippen molar-refractivity contribution in [2.24, 2.45) is 0 Å². The summed E-state index contributed by atoms with van der Waals surface area (Å²) >= 11 is 0. The Kier molecular flexibility index (Phi) is 3.08. The molecule has 0 bridgehead atoms. The standard InChI is InChI=1S/C13H16N4O2/c1-19-11-4-2-3-10(13(11)18)7-16-5-6-17-9-14-15-12(17)8-16/h2-4,9,18H,5-8H2,1H3. The number of fused-ring (bicyclic) bond motifs is 1. The van der Waals surface area contributed by atoms with Crippen LogP contribution in [0.5, 0.6) is 11.5 Å². The van der Waals surface area contributed by atoms with E-state index < -0.39 is 0 Å². The van der Waals surface area contributed by atoms with Gasteiger partial charge in [-0.3, -0.25) is 4.90 Å². The number of rotatable bonds is 3. The van der Waals surface area contributed by atoms with Crippen LogP contribution in [0, 0.1) is 0 Å². The Hall–Kier alpha value is -2.08. The maximum Gasteiger partial charge on any atom is 0.162 e. The summed E-state index contributed by atoms with van der Waals surface area (Å²) in [5.41, 5.74) is 0.868. The van der Waals surface area contributed by atoms with Gasteiger partial charge in [0.15, 0.2) is 11.5 Å². The fourth-order valence-corrected chi connectivity index (χ4v) is 2.35. The summed E-state index contributed by atoms with van der Waals surface area (Å²) in [6, 6.07) is 5.56. The summed E-state index contributed by atoms with van der Waals surface area (Å²) in [5, 5.41) is 18.1. The molecule has 0 saturated carbocycles. The number of methoxy groups -OCH3 is 1. The molecule has 2 aromatic rings. The van der Waals surface area contributed by atoms with E-state index in [1.165, 1.54) is 0 Å². The highest BCUT2D eigenvalue weighted by Crippen LogP contribution is 2.30. The van der Waals surface area contributed by atoms with E-state index in [1.54, 1.807) is 19.5 Å². The second kappa shape index (κ2) is 4.89. The molecule has 0 spiro atoms. The molecule has 1 aromatic carbocycles. The highest BCUT2D eigenvalue weighted by molar-refractivity contribution is 5.45. The van der Waals surface area contributed by atoms with Crippen LogP contribution in [0.2, 0.25) is 0 Å². The quantitative estimate of drug-likeness (QED) is 0.892. The molecule has 6 heteroatoms. The van der Waals surface area contributed by atoms with Gasteiger partial charge in [-0.1, -0.05) is 12.1 Å². The molecule has 1 aliphatic heterocycles. The summed E-state index contributed by atoms with van der Waals surface area (Å²) in [4.78, 5) is 2.23. The molecule has 0 saturated heterocycles. The lowest BCUT2D eigenvalue weighted by Crippen LogP contribution is -2.33. The third-order valence-corrected chi connectivity index (χ3v) is 3.41. The summed E-state index contributed by atoms with van der Waals surface area (Å²) in [6.45, 7) is 3.22. The molecule has 0 fully saturated rings. The van der Waals surface area contributed by atoms with Crippen LogP contribution in [0.1, 0.15) is 11.4 Å². The van der Waals surface area contributed by atoms with Crippen LogP contribution >= 0.6 is 0 Å². The van der Waals surface area contributed by atoms with Crippen LogP contribution in [-0.4, -0.2) is 38.4 Å². The second-order valence-corrected chi connectivity index (χ2v) is 4.62. The van der Waals surface area contributed by atoms with Gasteiger partial charge < -0.3 is 14.4 Å². The Labute approximate surface area is 111 Å². The first-order chi connectivity index (χ1) is 9.28. The lowest BCUT2D eigenvalue weighted by atomic mass is 10.1. The summed E-state index contributed by atoms with van der Waals surface area (Å²) < 4.78 is 7.18. The number of phenolic OH excluding ortho intramolecular Hbond substituents is 1. The molecular formula is C13H16N4O2. The van der Waals surface area contributed by atoms with E-state index >= 15 is 0 Å². The number of para-hydroxylation sites is 1. The molecule has 0 aliphatic carbocycles. The smallest absolute Gasteiger partial charge is 0.162 e. The monoisotopic (exact) mass is 260 g/mol. The van der Waals surface area contributed by atoms with E-state index in [2.05, 4.69) is 19.7 Å². The summed E-state index contributed by atoms with van der Waals surface area (Å²) in [6.07, 6.45) is 1.76. The largest absolute Gasteiger partial charge is 0.504 e. The molecule has 1 aromatic heterocycles. The highest BCUT2D eigenvalue weighted by Gasteiger charge is 2.19. The van der Waals surface area contributed by atoms with Crippen molar-refractivity contribution in [1.29, 1.82) is 0 Å². The lowest BCUT2D eigenvalue weighted by Gasteiger charge is -2.27. The third-order valence-electron chi connectivity index (χ3n) is 3.41. The number of hydrogen-bond acceptors (Lipinski definition) is 5. The van der Waals surface area contributed by atoms with Gasteiger partial charge in [-0.25, -0.2) is 0 Å². The van der Waals surface area contributed by atoms with Gasteiger partial charge in [0.05, 0.1) is 13.7 Å². The zero-order chi connectivity index (χ0) is 13.2. The van der Waals surface area contributed by atoms with Crippen LogP contribution in [0.3, 0.4) is 0 Å². The maximum atomic E-state index is 10.1. The van der Waals surface area contributed by atoms with Crippen LogP contribution in [0.15, 0.2) is 24.5 Å². The van der Waals surface area contributed by atoms with E-state index in [0.29, 0.717) is 12.3 Å². The van der Waals surface area contributed by atoms with Gasteiger partial charge in [0.2, 0.25) is 0 Å². The summed E-state index contributed by atoms with van der Waals surface area (Å²) in [5.74, 6) is 1.70. The van der Waals surface area contributed by atoms with Gasteiger partial charge in [0.1, 0.15) is 12.2 Å². The SMILES string of the molecule is COc1cccc(CN2CCn3cnnc3C2)c1O. The number of phenols is 1. The zero-order valence-corrected chi connectivity index (χ0v) is 10.8. The first-order valence-corrected chi connectivity index (χ1v) is 6.22. The average Bonchev–Trinajstić information content (AvgIpc) is 2.88. The zero-order valence-electron chi connectivity index (χ0n) is 10.8. The second-order valence-electron chi connectivity index (χ2n) is 4.62. The van der Waals surface area contributed by atoms with Crippen LogP contribution < -0.4 is 4.74 Å². The predicted octanol–water partition coefficient (Wildman–Crippen LogP) is 1.01. The fourth-order valence-electron chi connectivity index (χ4n) is 2.35. The Balaban J connectivity index is 1.76. The van der Waals surface area contributed by atoms with Crippen molar-refractivity contribution in [2.75, 3.05) is 13.7 Å². The predicted molar refractivity (Wildman–Crippen MR) is 68.8 cm³/mol. The van der Waals surface area contributed by atoms with Crippen LogP contribution in [-0.2, 0) is 19.6 Å². The fraction of sp³-hybridized carbons (Fsp3) is 0.385. The summed E-state index contributed by atoms with van der Waals surface area (Å²) in [7, 11) is 1.56. The minimum Gasteiger partial charge on any atom is -0.504 e. The first kappa shape index (κ1) is 12.0. The van der Waals surface area contributed by atoms with Crippen molar-refractivity contribution < 1.29 is 9.84 Å². The van der Waals surface area contributed by atoms with Gasteiger partial charge in [0.25, 0.3) is 0 Å². The molecule has 0 unspecified atom stereocenters. The van der Waals surface area contributed by atoms with E-state index in [-0.39, 0.29) is 5.75 Å². The molecule has 3 rings (SSSR count). The molecule has 0 amide bonds. The van der Waals surface area contributed by atoms with E-state index in [4.69, 9.17) is 4.74 Å². The number of ether oxygens (including phenoxy) is 1. The molecule has 0 atom stereocenters. The van der Waals surface area contributed by atoms with Crippen molar-refractivity contribution in [3.8, 4) is 11.5 Å². The molecule has 6 nitrogen and oxygen atoms in total. The number of nitrogens with zero attached hydrogens (tertiary/aromatic N) is 4. The van der Waals surface area contributed by atoms with Crippen LogP contribution in [0.4, 0.5) is 0 Å². The van der Waals surface area contributed by atoms with Gasteiger partial charge in [0, 0.05) is 25.2 Å². The Bertz CT molecular complexity index is 582. The molecule has 100 valence electrons. The van der Waals surface area contributed by atoms with E-state index in [9.17, 15) is 5.11 Å². The van der Waals surface area contributed by atoms with Crippen molar-refractivity contribution in [3.63, 3.8) is 0 Å². The Morgan fingerprint density at radius 3 is 3.11 bits per heavy atom. The number of aromatic nitrogens is 3. The van der Waals surface area contributed by atoms with Gasteiger partial charge in [-0.05, 0) is 6.07 Å². The minimum absolute atomic E-state index is 0.219. The van der Waals surface area contributed by atoms with Gasteiger partial charge in [-0.15, -0.1) is 10.2 Å². The third kappa shape index (κ3) is 2.26. The maximum absolute atomic E-state index is 10.1. The average molecular weight is 260 g/mol. The van der Waals surface area contributed by atoms with Crippen molar-refractivity contribution >= 4 is 0 Å². The lowest BCUT2D eigenvalue weighted by molar-refractivity contribution is 0.206. The topological polar surface area (TPSA) is 63.4 Å². The Morgan fingerprint density at radius 2 is 2.26 bits per heavy atom. The minimum atomic E-state index is 0.219. The highest BCUT2D eigenvalue weighted by atomic mass is 16.5. The molecule has 0 radical (unpaired) electrons. The van der Waals surface area contributed by atoms with Crippen LogP contribution in [0.25, 0.3) is 0 Å². The van der Waals surface area contributed by atoms with Crippen molar-refractivity contribution in [1.82, 2.24) is 19.7 Å². The number of hydrogen-bond donors (Lipinski definition) is 1. The van der Waals surface area contributed by atoms with Crippen molar-refractivity contribution in [2.45, 2.75) is 19.6 Å².